The van der Waals surface area contributed by atoms with Crippen molar-refractivity contribution >= 4 is 16.0 Å². The molecule has 0 heterocycles. The average molecular weight is 263 g/mol. The first-order chi connectivity index (χ1) is 7.72. The highest BCUT2D eigenvalue weighted by Gasteiger charge is 2.30. The van der Waals surface area contributed by atoms with E-state index in [0.717, 1.165) is 25.3 Å². The summed E-state index contributed by atoms with van der Waals surface area (Å²) in [6.45, 7) is 6.95. The molecule has 5 nitrogen and oxygen atoms in total. The summed E-state index contributed by atoms with van der Waals surface area (Å²) in [5.41, 5.74) is -0.950. The van der Waals surface area contributed by atoms with Gasteiger partial charge in [-0.2, -0.15) is 8.42 Å². The maximum atomic E-state index is 11.2. The second-order valence-corrected chi connectivity index (χ2v) is 5.89. The molecule has 0 fully saturated rings. The topological polar surface area (TPSA) is 83.5 Å². The van der Waals surface area contributed by atoms with Crippen LogP contribution in [0.4, 0.5) is 0 Å². The number of hydrogen-bond acceptors (Lipinski definition) is 3. The molecule has 0 aromatic carbocycles. The minimum Gasteiger partial charge on any atom is -0.346 e. The molecule has 0 saturated heterocycles. The largest absolute Gasteiger partial charge is 0.346 e. The van der Waals surface area contributed by atoms with Crippen molar-refractivity contribution in [3.8, 4) is 0 Å². The van der Waals surface area contributed by atoms with Crippen LogP contribution in [0.2, 0.25) is 0 Å². The minimum atomic E-state index is -4.12. The van der Waals surface area contributed by atoms with Gasteiger partial charge in [0.25, 0.3) is 10.1 Å². The molecule has 0 aliphatic heterocycles. The van der Waals surface area contributed by atoms with Gasteiger partial charge < -0.3 is 5.32 Å². The Morgan fingerprint density at radius 1 is 1.47 bits per heavy atom. The second kappa shape index (κ2) is 6.76. The number of unbranched alkanes of at least 4 members (excludes halogenated alkanes) is 2. The molecule has 0 rings (SSSR count). The van der Waals surface area contributed by atoms with Crippen molar-refractivity contribution in [2.45, 2.75) is 45.1 Å². The van der Waals surface area contributed by atoms with E-state index in [9.17, 15) is 13.2 Å². The first-order valence-corrected chi connectivity index (χ1v) is 7.23. The van der Waals surface area contributed by atoms with E-state index in [4.69, 9.17) is 4.55 Å². The lowest BCUT2D eigenvalue weighted by atomic mass is 9.96. The van der Waals surface area contributed by atoms with Crippen molar-refractivity contribution in [1.29, 1.82) is 0 Å². The highest BCUT2D eigenvalue weighted by molar-refractivity contribution is 7.85. The Hall–Kier alpha value is -0.880. The molecular weight excluding hydrogens is 242 g/mol. The van der Waals surface area contributed by atoms with Crippen LogP contribution in [0.1, 0.15) is 39.5 Å². The van der Waals surface area contributed by atoms with Gasteiger partial charge in [-0.05, 0) is 19.4 Å². The number of nitrogens with one attached hydrogen (secondary N) is 1. The van der Waals surface area contributed by atoms with E-state index in [1.165, 1.54) is 0 Å². The summed E-state index contributed by atoms with van der Waals surface area (Å²) in [4.78, 5) is 11.2. The second-order valence-electron chi connectivity index (χ2n) is 4.44. The molecule has 1 amide bonds. The van der Waals surface area contributed by atoms with E-state index in [1.54, 1.807) is 6.92 Å². The molecule has 0 aromatic rings. The van der Waals surface area contributed by atoms with Gasteiger partial charge in [-0.15, -0.1) is 0 Å². The molecule has 0 aliphatic rings. The summed E-state index contributed by atoms with van der Waals surface area (Å²) >= 11 is 0. The summed E-state index contributed by atoms with van der Waals surface area (Å²) < 4.78 is 30.7. The molecule has 0 aliphatic carbocycles. The summed E-state index contributed by atoms with van der Waals surface area (Å²) in [6.07, 6.45) is 4.32. The van der Waals surface area contributed by atoms with Crippen molar-refractivity contribution in [2.75, 3.05) is 5.75 Å². The standard InChI is InChI=1S/C11H21NO4S/c1-4-6-7-8-11(3,9-17(14,15)16)12-10(13)5-2/h5H,2,4,6-9H2,1,3H3,(H,12,13)(H,14,15,16). The quantitative estimate of drug-likeness (QED) is 0.395. The predicted octanol–water partition coefficient (Wildman–Crippen LogP) is 1.52. The molecule has 2 N–H and O–H groups in total. The molecule has 0 radical (unpaired) electrons. The Morgan fingerprint density at radius 2 is 2.06 bits per heavy atom. The van der Waals surface area contributed by atoms with Gasteiger partial charge in [-0.1, -0.05) is 32.8 Å². The van der Waals surface area contributed by atoms with Gasteiger partial charge in [0.1, 0.15) is 0 Å². The Labute approximate surface area is 103 Å². The zero-order valence-corrected chi connectivity index (χ0v) is 11.2. The number of carbonyl (C=O) groups is 1. The van der Waals surface area contributed by atoms with Crippen LogP contribution in [-0.4, -0.2) is 30.2 Å². The van der Waals surface area contributed by atoms with Gasteiger partial charge in [0, 0.05) is 0 Å². The van der Waals surface area contributed by atoms with Gasteiger partial charge in [0.15, 0.2) is 0 Å². The molecule has 0 aromatic heterocycles. The molecule has 1 unspecified atom stereocenters. The average Bonchev–Trinajstić information content (AvgIpc) is 2.14. The number of hydrogen-bond donors (Lipinski definition) is 2. The molecule has 0 spiro atoms. The fourth-order valence-corrected chi connectivity index (χ4v) is 2.71. The van der Waals surface area contributed by atoms with E-state index < -0.39 is 27.3 Å². The van der Waals surface area contributed by atoms with Crippen LogP contribution in [0.3, 0.4) is 0 Å². The van der Waals surface area contributed by atoms with Gasteiger partial charge in [0.2, 0.25) is 5.91 Å². The number of amides is 1. The molecule has 0 bridgehead atoms. The monoisotopic (exact) mass is 263 g/mol. The number of carbonyl (C=O) groups excluding carboxylic acids is 1. The molecule has 1 atom stereocenters. The van der Waals surface area contributed by atoms with Crippen LogP contribution in [0.5, 0.6) is 0 Å². The summed E-state index contributed by atoms with van der Waals surface area (Å²) in [5, 5.41) is 2.56. The van der Waals surface area contributed by atoms with E-state index >= 15 is 0 Å². The lowest BCUT2D eigenvalue weighted by Crippen LogP contribution is -2.50. The first-order valence-electron chi connectivity index (χ1n) is 5.62. The number of rotatable bonds is 8. The lowest BCUT2D eigenvalue weighted by molar-refractivity contribution is -0.118. The highest BCUT2D eigenvalue weighted by Crippen LogP contribution is 2.17. The van der Waals surface area contributed by atoms with E-state index in [0.29, 0.717) is 6.42 Å². The Kier molecular flexibility index (Phi) is 6.41. The van der Waals surface area contributed by atoms with Gasteiger partial charge in [-0.25, -0.2) is 0 Å². The van der Waals surface area contributed by atoms with E-state index in [-0.39, 0.29) is 0 Å². The van der Waals surface area contributed by atoms with E-state index in [2.05, 4.69) is 11.9 Å². The normalized spacial score (nSPS) is 15.0. The first kappa shape index (κ1) is 16.1. The highest BCUT2D eigenvalue weighted by atomic mass is 32.2. The predicted molar refractivity (Wildman–Crippen MR) is 67.3 cm³/mol. The molecular formula is C11H21NO4S. The molecule has 0 saturated carbocycles. The van der Waals surface area contributed by atoms with E-state index in [1.807, 2.05) is 6.92 Å². The maximum Gasteiger partial charge on any atom is 0.267 e. The maximum absolute atomic E-state index is 11.2. The zero-order chi connectivity index (χ0) is 13.5. The van der Waals surface area contributed by atoms with Gasteiger partial charge >= 0.3 is 0 Å². The van der Waals surface area contributed by atoms with Crippen LogP contribution in [0, 0.1) is 0 Å². The lowest BCUT2D eigenvalue weighted by Gasteiger charge is -2.29. The van der Waals surface area contributed by atoms with Crippen LogP contribution in [0.25, 0.3) is 0 Å². The molecule has 6 heteroatoms. The Morgan fingerprint density at radius 3 is 2.47 bits per heavy atom. The van der Waals surface area contributed by atoms with Crippen LogP contribution < -0.4 is 5.32 Å². The Bertz CT molecular complexity index is 364. The third-order valence-electron chi connectivity index (χ3n) is 2.44. The fourth-order valence-electron chi connectivity index (χ4n) is 1.69. The van der Waals surface area contributed by atoms with Crippen molar-refractivity contribution in [3.05, 3.63) is 12.7 Å². The van der Waals surface area contributed by atoms with Crippen molar-refractivity contribution in [2.24, 2.45) is 0 Å². The Balaban J connectivity index is 4.67. The van der Waals surface area contributed by atoms with Crippen molar-refractivity contribution < 1.29 is 17.8 Å². The SMILES string of the molecule is C=CC(=O)NC(C)(CCCCC)CS(=O)(=O)O. The summed E-state index contributed by atoms with van der Waals surface area (Å²) in [5.74, 6) is -0.920. The smallest absolute Gasteiger partial charge is 0.267 e. The molecule has 17 heavy (non-hydrogen) atoms. The van der Waals surface area contributed by atoms with Gasteiger partial charge in [0.05, 0.1) is 11.3 Å². The summed E-state index contributed by atoms with van der Waals surface area (Å²) in [6, 6.07) is 0. The van der Waals surface area contributed by atoms with Crippen molar-refractivity contribution in [1.82, 2.24) is 5.32 Å². The van der Waals surface area contributed by atoms with Crippen LogP contribution in [-0.2, 0) is 14.9 Å². The third kappa shape index (κ3) is 7.93. The zero-order valence-electron chi connectivity index (χ0n) is 10.4. The minimum absolute atomic E-state index is 0.437. The van der Waals surface area contributed by atoms with Crippen LogP contribution in [0.15, 0.2) is 12.7 Å². The summed E-state index contributed by atoms with van der Waals surface area (Å²) in [7, 11) is -4.12. The van der Waals surface area contributed by atoms with Crippen LogP contribution >= 0.6 is 0 Å². The van der Waals surface area contributed by atoms with Crippen molar-refractivity contribution in [3.63, 3.8) is 0 Å². The van der Waals surface area contributed by atoms with Gasteiger partial charge in [-0.3, -0.25) is 9.35 Å². The molecule has 100 valence electrons. The fraction of sp³-hybridized carbons (Fsp3) is 0.727. The third-order valence-corrected chi connectivity index (χ3v) is 3.45.